The van der Waals surface area contributed by atoms with E-state index in [-0.39, 0.29) is 11.7 Å². The number of halogens is 1. The molecule has 1 fully saturated rings. The highest BCUT2D eigenvalue weighted by Crippen LogP contribution is 2.25. The zero-order valence-corrected chi connectivity index (χ0v) is 9.83. The molecule has 1 aromatic carbocycles. The minimum Gasteiger partial charge on any atom is -0.496 e. The lowest BCUT2D eigenvalue weighted by molar-refractivity contribution is 0.0896. The predicted octanol–water partition coefficient (Wildman–Crippen LogP) is 2.02. The van der Waals surface area contributed by atoms with E-state index < -0.39 is 5.82 Å². The summed E-state index contributed by atoms with van der Waals surface area (Å²) >= 11 is 0. The Morgan fingerprint density at radius 2 is 2.35 bits per heavy atom. The van der Waals surface area contributed by atoms with Crippen molar-refractivity contribution in [2.45, 2.75) is 12.8 Å². The third-order valence-corrected chi connectivity index (χ3v) is 3.09. The van der Waals surface area contributed by atoms with Crippen LogP contribution < -0.4 is 10.1 Å². The highest BCUT2D eigenvalue weighted by atomic mass is 19.1. The van der Waals surface area contributed by atoms with E-state index in [1.165, 1.54) is 25.3 Å². The van der Waals surface area contributed by atoms with Gasteiger partial charge in [0.05, 0.1) is 12.7 Å². The largest absolute Gasteiger partial charge is 0.496 e. The number of ether oxygens (including phenoxy) is 1. The summed E-state index contributed by atoms with van der Waals surface area (Å²) in [6.07, 6.45) is 1.83. The van der Waals surface area contributed by atoms with Crippen molar-refractivity contribution in [3.63, 3.8) is 0 Å². The molecule has 1 saturated heterocycles. The summed E-state index contributed by atoms with van der Waals surface area (Å²) in [5, 5.41) is 3.18. The molecule has 4 heteroatoms. The Kier molecular flexibility index (Phi) is 3.74. The summed E-state index contributed by atoms with van der Waals surface area (Å²) in [4.78, 5) is 12.2. The molecule has 1 aliphatic heterocycles. The third-order valence-electron chi connectivity index (χ3n) is 3.09. The van der Waals surface area contributed by atoms with Gasteiger partial charge in [0.15, 0.2) is 5.78 Å². The summed E-state index contributed by atoms with van der Waals surface area (Å²) in [5.41, 5.74) is 0.348. The van der Waals surface area contributed by atoms with E-state index in [0.717, 1.165) is 19.4 Å². The predicted molar refractivity (Wildman–Crippen MR) is 62.9 cm³/mol. The summed E-state index contributed by atoms with van der Waals surface area (Å²) in [6.45, 7) is 1.61. The van der Waals surface area contributed by atoms with Gasteiger partial charge in [-0.05, 0) is 37.6 Å². The van der Waals surface area contributed by atoms with Gasteiger partial charge in [-0.3, -0.25) is 4.79 Å². The van der Waals surface area contributed by atoms with Crippen molar-refractivity contribution in [2.75, 3.05) is 20.2 Å². The minimum absolute atomic E-state index is 0.0337. The molecule has 0 amide bonds. The van der Waals surface area contributed by atoms with Crippen molar-refractivity contribution >= 4 is 5.78 Å². The first kappa shape index (κ1) is 12.0. The van der Waals surface area contributed by atoms with Crippen LogP contribution in [0.1, 0.15) is 23.2 Å². The SMILES string of the molecule is COc1ccc(F)cc1C(=O)[C@@H]1CCCNC1. The fourth-order valence-corrected chi connectivity index (χ4v) is 2.17. The maximum atomic E-state index is 13.2. The second-order valence-corrected chi connectivity index (χ2v) is 4.25. The molecule has 1 N–H and O–H groups in total. The van der Waals surface area contributed by atoms with Gasteiger partial charge in [-0.15, -0.1) is 0 Å². The normalized spacial score (nSPS) is 20.0. The zero-order chi connectivity index (χ0) is 12.3. The van der Waals surface area contributed by atoms with Crippen molar-refractivity contribution in [1.82, 2.24) is 5.32 Å². The number of benzene rings is 1. The van der Waals surface area contributed by atoms with Crippen LogP contribution in [0.25, 0.3) is 0 Å². The lowest BCUT2D eigenvalue weighted by Gasteiger charge is -2.22. The highest BCUT2D eigenvalue weighted by molar-refractivity contribution is 6.00. The maximum Gasteiger partial charge on any atom is 0.171 e. The van der Waals surface area contributed by atoms with E-state index in [4.69, 9.17) is 4.74 Å². The first-order valence-corrected chi connectivity index (χ1v) is 5.81. The molecule has 0 unspecified atom stereocenters. The average Bonchev–Trinajstić information content (AvgIpc) is 2.39. The molecule has 1 heterocycles. The van der Waals surface area contributed by atoms with E-state index in [9.17, 15) is 9.18 Å². The number of hydrogen-bond donors (Lipinski definition) is 1. The number of carbonyl (C=O) groups is 1. The maximum absolute atomic E-state index is 13.2. The number of ketones is 1. The van der Waals surface area contributed by atoms with E-state index in [2.05, 4.69) is 5.32 Å². The van der Waals surface area contributed by atoms with Gasteiger partial charge in [-0.1, -0.05) is 0 Å². The van der Waals surface area contributed by atoms with Crippen molar-refractivity contribution < 1.29 is 13.9 Å². The van der Waals surface area contributed by atoms with Gasteiger partial charge in [0.25, 0.3) is 0 Å². The summed E-state index contributed by atoms with van der Waals surface area (Å²) in [6, 6.07) is 4.06. The second kappa shape index (κ2) is 5.27. The molecule has 0 aromatic heterocycles. The Balaban J connectivity index is 2.25. The van der Waals surface area contributed by atoms with Crippen LogP contribution in [0.4, 0.5) is 4.39 Å². The quantitative estimate of drug-likeness (QED) is 0.817. The molecule has 92 valence electrons. The number of hydrogen-bond acceptors (Lipinski definition) is 3. The van der Waals surface area contributed by atoms with Gasteiger partial charge in [0, 0.05) is 12.5 Å². The molecule has 0 saturated carbocycles. The molecule has 0 spiro atoms. The highest BCUT2D eigenvalue weighted by Gasteiger charge is 2.24. The first-order valence-electron chi connectivity index (χ1n) is 5.81. The van der Waals surface area contributed by atoms with Gasteiger partial charge in [0.2, 0.25) is 0 Å². The zero-order valence-electron chi connectivity index (χ0n) is 9.83. The molecular formula is C13H16FNO2. The van der Waals surface area contributed by atoms with Crippen molar-refractivity contribution in [2.24, 2.45) is 5.92 Å². The summed E-state index contributed by atoms with van der Waals surface area (Å²) in [5.74, 6) is -0.0621. The van der Waals surface area contributed by atoms with Gasteiger partial charge >= 0.3 is 0 Å². The van der Waals surface area contributed by atoms with E-state index in [0.29, 0.717) is 17.9 Å². The number of piperidine rings is 1. The van der Waals surface area contributed by atoms with Crippen LogP contribution in [0.3, 0.4) is 0 Å². The van der Waals surface area contributed by atoms with Gasteiger partial charge in [-0.25, -0.2) is 4.39 Å². The topological polar surface area (TPSA) is 38.3 Å². The molecule has 17 heavy (non-hydrogen) atoms. The monoisotopic (exact) mass is 237 g/mol. The molecule has 0 aliphatic carbocycles. The summed E-state index contributed by atoms with van der Waals surface area (Å²) in [7, 11) is 1.49. The minimum atomic E-state index is -0.405. The van der Waals surface area contributed by atoms with Gasteiger partial charge in [-0.2, -0.15) is 0 Å². The Hall–Kier alpha value is -1.42. The molecule has 1 aromatic rings. The van der Waals surface area contributed by atoms with Crippen molar-refractivity contribution in [3.05, 3.63) is 29.6 Å². The second-order valence-electron chi connectivity index (χ2n) is 4.25. The van der Waals surface area contributed by atoms with Crippen LogP contribution in [0, 0.1) is 11.7 Å². The Morgan fingerprint density at radius 3 is 3.00 bits per heavy atom. The van der Waals surface area contributed by atoms with E-state index in [1.807, 2.05) is 0 Å². The standard InChI is InChI=1S/C13H16FNO2/c1-17-12-5-4-10(14)7-11(12)13(16)9-3-2-6-15-8-9/h4-5,7,9,15H,2-3,6,8H2,1H3/t9-/m1/s1. The average molecular weight is 237 g/mol. The number of methoxy groups -OCH3 is 1. The Labute approximate surface area is 100.0 Å². The van der Waals surface area contributed by atoms with Crippen molar-refractivity contribution in [3.8, 4) is 5.75 Å². The van der Waals surface area contributed by atoms with Crippen LogP contribution in [0.2, 0.25) is 0 Å². The van der Waals surface area contributed by atoms with Crippen LogP contribution in [-0.4, -0.2) is 26.0 Å². The number of rotatable bonds is 3. The van der Waals surface area contributed by atoms with E-state index in [1.54, 1.807) is 0 Å². The molecule has 1 aliphatic rings. The van der Waals surface area contributed by atoms with Crippen LogP contribution >= 0.6 is 0 Å². The lowest BCUT2D eigenvalue weighted by atomic mass is 9.90. The lowest BCUT2D eigenvalue weighted by Crippen LogP contribution is -2.34. The Morgan fingerprint density at radius 1 is 1.53 bits per heavy atom. The fourth-order valence-electron chi connectivity index (χ4n) is 2.17. The van der Waals surface area contributed by atoms with Crippen LogP contribution in [-0.2, 0) is 0 Å². The van der Waals surface area contributed by atoms with E-state index >= 15 is 0 Å². The molecule has 1 atom stereocenters. The summed E-state index contributed by atoms with van der Waals surface area (Å²) < 4.78 is 18.3. The van der Waals surface area contributed by atoms with Gasteiger partial charge < -0.3 is 10.1 Å². The van der Waals surface area contributed by atoms with Crippen LogP contribution in [0.15, 0.2) is 18.2 Å². The molecule has 2 rings (SSSR count). The number of nitrogens with one attached hydrogen (secondary N) is 1. The number of Topliss-reactive ketones (excluding diaryl/α,β-unsaturated/α-hetero) is 1. The first-order chi connectivity index (χ1) is 8.22. The van der Waals surface area contributed by atoms with Crippen LogP contribution in [0.5, 0.6) is 5.75 Å². The Bertz CT molecular complexity index is 414. The molecule has 0 radical (unpaired) electrons. The van der Waals surface area contributed by atoms with Gasteiger partial charge in [0.1, 0.15) is 11.6 Å². The fraction of sp³-hybridized carbons (Fsp3) is 0.462. The molecular weight excluding hydrogens is 221 g/mol. The van der Waals surface area contributed by atoms with Crippen molar-refractivity contribution in [1.29, 1.82) is 0 Å². The smallest absolute Gasteiger partial charge is 0.171 e. The molecule has 0 bridgehead atoms. The number of carbonyl (C=O) groups excluding carboxylic acids is 1. The molecule has 3 nitrogen and oxygen atoms in total. The third kappa shape index (κ3) is 2.64.